The fraction of sp³-hybridized carbons (Fsp3) is 0.933. The van der Waals surface area contributed by atoms with E-state index in [9.17, 15) is 10.0 Å². The van der Waals surface area contributed by atoms with E-state index in [1.165, 1.54) is 5.06 Å². The average Bonchev–Trinajstić information content (AvgIpc) is 2.31. The minimum atomic E-state index is -0.653. The summed E-state index contributed by atoms with van der Waals surface area (Å²) in [6.45, 7) is 12.7. The Hall–Kier alpha value is -0.300. The number of carbonyl (C=O) groups is 1. The van der Waals surface area contributed by atoms with Gasteiger partial charge in [-0.25, -0.2) is 4.31 Å². The van der Waals surface area contributed by atoms with Crippen molar-refractivity contribution in [2.24, 2.45) is 0 Å². The van der Waals surface area contributed by atoms with E-state index in [0.29, 0.717) is 6.54 Å². The molecule has 2 saturated heterocycles. The molecule has 0 atom stereocenters. The monoisotopic (exact) mass is 315 g/mol. The van der Waals surface area contributed by atoms with Crippen molar-refractivity contribution in [3.63, 3.8) is 0 Å². The molecule has 2 heterocycles. The second-order valence-electron chi connectivity index (χ2n) is 8.55. The van der Waals surface area contributed by atoms with Crippen LogP contribution >= 0.6 is 12.8 Å². The van der Waals surface area contributed by atoms with Crippen LogP contribution in [0.15, 0.2) is 0 Å². The summed E-state index contributed by atoms with van der Waals surface area (Å²) < 4.78 is 1.94. The SMILES string of the molecule is CN1CC2(CC(C)(C)N(O)C(C)(C)C2)N(S)C(C)(C)C1=O. The Labute approximate surface area is 133 Å². The first kappa shape index (κ1) is 17.1. The number of likely N-dealkylation sites (N-methyl/N-ethyl adjacent to an activating group) is 1. The van der Waals surface area contributed by atoms with Crippen molar-refractivity contribution >= 4 is 18.7 Å². The Morgan fingerprint density at radius 2 is 1.48 bits per heavy atom. The highest BCUT2D eigenvalue weighted by molar-refractivity contribution is 7.77. The molecule has 1 spiro atoms. The summed E-state index contributed by atoms with van der Waals surface area (Å²) >= 11 is 4.74. The molecular weight excluding hydrogens is 286 g/mol. The molecule has 1 N–H and O–H groups in total. The van der Waals surface area contributed by atoms with Crippen LogP contribution in [0.4, 0.5) is 0 Å². The number of nitrogens with zero attached hydrogens (tertiary/aromatic N) is 3. The van der Waals surface area contributed by atoms with Crippen LogP contribution < -0.4 is 0 Å². The summed E-state index contributed by atoms with van der Waals surface area (Å²) in [5.41, 5.74) is -1.65. The van der Waals surface area contributed by atoms with Crippen molar-refractivity contribution in [1.82, 2.24) is 14.3 Å². The number of piperidine rings is 1. The summed E-state index contributed by atoms with van der Waals surface area (Å²) in [6.07, 6.45) is 1.51. The predicted octanol–water partition coefficient (Wildman–Crippen LogP) is 2.16. The number of piperazine rings is 1. The Kier molecular flexibility index (Phi) is 3.74. The zero-order chi connectivity index (χ0) is 16.4. The van der Waals surface area contributed by atoms with Gasteiger partial charge in [0.25, 0.3) is 0 Å². The lowest BCUT2D eigenvalue weighted by Gasteiger charge is -2.63. The third kappa shape index (κ3) is 2.40. The van der Waals surface area contributed by atoms with Gasteiger partial charge in [-0.05, 0) is 54.4 Å². The molecule has 2 rings (SSSR count). The van der Waals surface area contributed by atoms with E-state index in [0.717, 1.165) is 12.8 Å². The zero-order valence-electron chi connectivity index (χ0n) is 14.3. The van der Waals surface area contributed by atoms with Crippen molar-refractivity contribution in [2.75, 3.05) is 13.6 Å². The minimum Gasteiger partial charge on any atom is -0.342 e. The van der Waals surface area contributed by atoms with Gasteiger partial charge in [0.05, 0.1) is 5.54 Å². The van der Waals surface area contributed by atoms with Crippen LogP contribution in [0.2, 0.25) is 0 Å². The standard InChI is InChI=1S/C15H29N3O2S/c1-12(2)8-15(9-13(3,4)17(12)20)10-16(7)11(19)14(5,6)18(15)21/h20-21H,8-10H2,1-7H3. The van der Waals surface area contributed by atoms with Crippen molar-refractivity contribution in [2.45, 2.75) is 76.5 Å². The fourth-order valence-corrected chi connectivity index (χ4v) is 4.92. The maximum absolute atomic E-state index is 12.4. The van der Waals surface area contributed by atoms with Gasteiger partial charge in [-0.3, -0.25) is 4.79 Å². The van der Waals surface area contributed by atoms with E-state index in [-0.39, 0.29) is 22.5 Å². The van der Waals surface area contributed by atoms with Gasteiger partial charge in [0, 0.05) is 24.7 Å². The molecule has 0 bridgehead atoms. The van der Waals surface area contributed by atoms with Gasteiger partial charge in [0.2, 0.25) is 5.91 Å². The van der Waals surface area contributed by atoms with Crippen molar-refractivity contribution in [1.29, 1.82) is 0 Å². The Balaban J connectivity index is 2.49. The predicted molar refractivity (Wildman–Crippen MR) is 86.3 cm³/mol. The number of hydroxylamine groups is 2. The number of amides is 1. The Morgan fingerprint density at radius 1 is 1.05 bits per heavy atom. The molecule has 122 valence electrons. The molecule has 0 saturated carbocycles. The van der Waals surface area contributed by atoms with Gasteiger partial charge in [-0.1, -0.05) is 12.8 Å². The second kappa shape index (κ2) is 4.60. The molecule has 6 heteroatoms. The van der Waals surface area contributed by atoms with Gasteiger partial charge in [-0.15, -0.1) is 0 Å². The summed E-state index contributed by atoms with van der Waals surface area (Å²) in [7, 11) is 1.86. The van der Waals surface area contributed by atoms with Crippen molar-refractivity contribution in [3.8, 4) is 0 Å². The van der Waals surface area contributed by atoms with Gasteiger partial charge in [-0.2, -0.15) is 5.06 Å². The third-order valence-corrected chi connectivity index (χ3v) is 5.97. The highest BCUT2D eigenvalue weighted by Gasteiger charge is 2.60. The Morgan fingerprint density at radius 3 is 1.90 bits per heavy atom. The number of thiol groups is 1. The molecule has 0 aliphatic carbocycles. The van der Waals surface area contributed by atoms with Crippen LogP contribution in [-0.4, -0.2) is 61.1 Å². The summed E-state index contributed by atoms with van der Waals surface area (Å²) in [5, 5.41) is 12.0. The first-order valence-corrected chi connectivity index (χ1v) is 7.90. The van der Waals surface area contributed by atoms with Gasteiger partial charge in [0.1, 0.15) is 5.54 Å². The normalized spacial score (nSPS) is 31.7. The molecule has 0 radical (unpaired) electrons. The number of hydrogen-bond donors (Lipinski definition) is 2. The molecule has 0 unspecified atom stereocenters. The molecule has 21 heavy (non-hydrogen) atoms. The number of carbonyl (C=O) groups excluding carboxylic acids is 1. The molecule has 0 aromatic rings. The smallest absolute Gasteiger partial charge is 0.243 e. The van der Waals surface area contributed by atoms with E-state index in [1.54, 1.807) is 0 Å². The molecule has 0 aromatic carbocycles. The van der Waals surface area contributed by atoms with Gasteiger partial charge < -0.3 is 10.1 Å². The van der Waals surface area contributed by atoms with E-state index in [2.05, 4.69) is 0 Å². The molecule has 2 fully saturated rings. The molecule has 2 aliphatic heterocycles. The lowest BCUT2D eigenvalue weighted by Crippen LogP contribution is -2.76. The zero-order valence-corrected chi connectivity index (χ0v) is 15.2. The third-order valence-electron chi connectivity index (χ3n) is 5.05. The molecule has 5 nitrogen and oxygen atoms in total. The summed E-state index contributed by atoms with van der Waals surface area (Å²) in [4.78, 5) is 14.3. The highest BCUT2D eigenvalue weighted by atomic mass is 32.1. The van der Waals surface area contributed by atoms with Crippen LogP contribution in [0.3, 0.4) is 0 Å². The largest absolute Gasteiger partial charge is 0.342 e. The average molecular weight is 315 g/mol. The van der Waals surface area contributed by atoms with Gasteiger partial charge >= 0.3 is 0 Å². The van der Waals surface area contributed by atoms with Crippen LogP contribution in [0.1, 0.15) is 54.4 Å². The molecule has 1 amide bonds. The second-order valence-corrected chi connectivity index (χ2v) is 8.95. The Bertz CT molecular complexity index is 444. The van der Waals surface area contributed by atoms with E-state index in [1.807, 2.05) is 57.8 Å². The van der Waals surface area contributed by atoms with E-state index >= 15 is 0 Å². The lowest BCUT2D eigenvalue weighted by molar-refractivity contribution is -0.267. The van der Waals surface area contributed by atoms with Crippen LogP contribution in [0.25, 0.3) is 0 Å². The molecular formula is C15H29N3O2S. The first-order chi connectivity index (χ1) is 9.26. The van der Waals surface area contributed by atoms with E-state index < -0.39 is 5.54 Å². The van der Waals surface area contributed by atoms with Crippen LogP contribution in [0, 0.1) is 0 Å². The van der Waals surface area contributed by atoms with E-state index in [4.69, 9.17) is 12.8 Å². The quantitative estimate of drug-likeness (QED) is 0.673. The van der Waals surface area contributed by atoms with Crippen LogP contribution in [0.5, 0.6) is 0 Å². The maximum atomic E-state index is 12.4. The topological polar surface area (TPSA) is 47.0 Å². The minimum absolute atomic E-state index is 0.0881. The fourth-order valence-electron chi connectivity index (χ4n) is 4.63. The first-order valence-electron chi connectivity index (χ1n) is 7.50. The number of rotatable bonds is 0. The lowest BCUT2D eigenvalue weighted by atomic mass is 9.68. The van der Waals surface area contributed by atoms with Crippen molar-refractivity contribution in [3.05, 3.63) is 0 Å². The maximum Gasteiger partial charge on any atom is 0.243 e. The summed E-state index contributed by atoms with van der Waals surface area (Å²) in [6, 6.07) is 0. The van der Waals surface area contributed by atoms with Crippen LogP contribution in [-0.2, 0) is 4.79 Å². The molecule has 0 aromatic heterocycles. The highest BCUT2D eigenvalue weighted by Crippen LogP contribution is 2.50. The number of hydrogen-bond acceptors (Lipinski definition) is 5. The summed E-state index contributed by atoms with van der Waals surface area (Å²) in [5.74, 6) is 0.0881. The van der Waals surface area contributed by atoms with Crippen molar-refractivity contribution < 1.29 is 10.0 Å². The van der Waals surface area contributed by atoms with Gasteiger partial charge in [0.15, 0.2) is 0 Å². The molecule has 2 aliphatic rings.